The number of Topliss-reactive ketones (excluding diaryl/α,β-unsaturated/α-hetero) is 1. The maximum Gasteiger partial charge on any atom is 0.185 e. The summed E-state index contributed by atoms with van der Waals surface area (Å²) < 4.78 is 1.59. The van der Waals surface area contributed by atoms with Gasteiger partial charge < -0.3 is 0 Å². The number of hydrogen-bond acceptors (Lipinski definition) is 2. The van der Waals surface area contributed by atoms with Crippen molar-refractivity contribution in [2.75, 3.05) is 0 Å². The average Bonchev–Trinajstić information content (AvgIpc) is 2.63. The zero-order chi connectivity index (χ0) is 13.3. The highest BCUT2D eigenvalue weighted by Gasteiger charge is 2.13. The minimum absolute atomic E-state index is 0.0106. The van der Waals surface area contributed by atoms with Gasteiger partial charge in [0.1, 0.15) is 5.69 Å². The van der Waals surface area contributed by atoms with Crippen molar-refractivity contribution >= 4 is 29.0 Å². The van der Waals surface area contributed by atoms with Gasteiger partial charge in [0.25, 0.3) is 0 Å². The van der Waals surface area contributed by atoms with Crippen molar-refractivity contribution < 1.29 is 4.79 Å². The molecule has 0 atom stereocenters. The Bertz CT molecular complexity index is 605. The summed E-state index contributed by atoms with van der Waals surface area (Å²) in [5, 5.41) is 5.11. The van der Waals surface area contributed by atoms with E-state index in [1.807, 2.05) is 6.92 Å². The van der Waals surface area contributed by atoms with Crippen LogP contribution in [0.15, 0.2) is 24.3 Å². The Balaban J connectivity index is 2.21. The molecule has 0 amide bonds. The van der Waals surface area contributed by atoms with E-state index in [-0.39, 0.29) is 12.2 Å². The summed E-state index contributed by atoms with van der Waals surface area (Å²) in [4.78, 5) is 12.1. The first-order valence-corrected chi connectivity index (χ1v) is 6.20. The van der Waals surface area contributed by atoms with Crippen LogP contribution < -0.4 is 0 Å². The second-order valence-electron chi connectivity index (χ2n) is 4.14. The van der Waals surface area contributed by atoms with Gasteiger partial charge in [-0.1, -0.05) is 29.3 Å². The quantitative estimate of drug-likeness (QED) is 0.808. The molecular weight excluding hydrogens is 271 g/mol. The molecule has 0 fully saturated rings. The Hall–Kier alpha value is -1.32. The van der Waals surface area contributed by atoms with Crippen molar-refractivity contribution in [2.24, 2.45) is 7.05 Å². The van der Waals surface area contributed by atoms with Gasteiger partial charge in [0.15, 0.2) is 5.78 Å². The molecule has 0 unspecified atom stereocenters. The molecule has 1 aromatic heterocycles. The van der Waals surface area contributed by atoms with Crippen LogP contribution in [0.4, 0.5) is 0 Å². The number of carbonyl (C=O) groups excluding carboxylic acids is 1. The lowest BCUT2D eigenvalue weighted by molar-refractivity contribution is 0.0984. The van der Waals surface area contributed by atoms with E-state index >= 15 is 0 Å². The number of hydrogen-bond donors (Lipinski definition) is 0. The van der Waals surface area contributed by atoms with Gasteiger partial charge in [-0.15, -0.1) is 0 Å². The molecule has 0 saturated carbocycles. The average molecular weight is 283 g/mol. The third-order valence-corrected chi connectivity index (χ3v) is 3.38. The first kappa shape index (κ1) is 13.1. The molecular formula is C13H12Cl2N2O. The minimum atomic E-state index is 0.0106. The number of halogens is 2. The Morgan fingerprint density at radius 2 is 2.00 bits per heavy atom. The molecule has 0 spiro atoms. The highest BCUT2D eigenvalue weighted by molar-refractivity contribution is 6.42. The molecule has 0 aliphatic carbocycles. The summed E-state index contributed by atoms with van der Waals surface area (Å²) >= 11 is 11.7. The minimum Gasteiger partial charge on any atom is -0.292 e. The lowest BCUT2D eigenvalue weighted by Crippen LogP contribution is -2.09. The zero-order valence-corrected chi connectivity index (χ0v) is 11.6. The molecule has 1 heterocycles. The molecule has 94 valence electrons. The molecule has 0 aliphatic heterocycles. The number of aryl methyl sites for hydroxylation is 2. The molecule has 2 aromatic rings. The molecule has 0 N–H and O–H groups in total. The van der Waals surface area contributed by atoms with Crippen molar-refractivity contribution in [1.82, 2.24) is 9.78 Å². The molecule has 18 heavy (non-hydrogen) atoms. The SMILES string of the molecule is Cc1cc(C(=O)Cc2ccc(Cl)c(Cl)c2)n(C)n1. The largest absolute Gasteiger partial charge is 0.292 e. The lowest BCUT2D eigenvalue weighted by Gasteiger charge is -2.03. The maximum absolute atomic E-state index is 12.1. The lowest BCUT2D eigenvalue weighted by atomic mass is 10.1. The van der Waals surface area contributed by atoms with E-state index in [2.05, 4.69) is 5.10 Å². The van der Waals surface area contributed by atoms with Gasteiger partial charge in [-0.3, -0.25) is 9.48 Å². The zero-order valence-electron chi connectivity index (χ0n) is 10.1. The Morgan fingerprint density at radius 3 is 2.56 bits per heavy atom. The van der Waals surface area contributed by atoms with E-state index in [0.717, 1.165) is 11.3 Å². The van der Waals surface area contributed by atoms with Gasteiger partial charge >= 0.3 is 0 Å². The molecule has 0 bridgehead atoms. The van der Waals surface area contributed by atoms with E-state index in [0.29, 0.717) is 15.7 Å². The number of rotatable bonds is 3. The second-order valence-corrected chi connectivity index (χ2v) is 4.96. The molecule has 0 radical (unpaired) electrons. The van der Waals surface area contributed by atoms with Crippen molar-refractivity contribution in [3.63, 3.8) is 0 Å². The van der Waals surface area contributed by atoms with Crippen LogP contribution in [0.3, 0.4) is 0 Å². The van der Waals surface area contributed by atoms with Crippen LogP contribution in [0.25, 0.3) is 0 Å². The van der Waals surface area contributed by atoms with Crippen LogP contribution >= 0.6 is 23.2 Å². The highest BCUT2D eigenvalue weighted by Crippen LogP contribution is 2.23. The highest BCUT2D eigenvalue weighted by atomic mass is 35.5. The van der Waals surface area contributed by atoms with Crippen LogP contribution in [0.2, 0.25) is 10.0 Å². The fraction of sp³-hybridized carbons (Fsp3) is 0.231. The van der Waals surface area contributed by atoms with Crippen LogP contribution in [-0.2, 0) is 13.5 Å². The fourth-order valence-corrected chi connectivity index (χ4v) is 2.12. The third-order valence-electron chi connectivity index (χ3n) is 2.64. The number of carbonyl (C=O) groups is 1. The standard InChI is InChI=1S/C13H12Cl2N2O/c1-8-5-12(17(2)16-8)13(18)7-9-3-4-10(14)11(15)6-9/h3-6H,7H2,1-2H3. The van der Waals surface area contributed by atoms with Gasteiger partial charge in [-0.05, 0) is 30.7 Å². The van der Waals surface area contributed by atoms with Crippen molar-refractivity contribution in [3.05, 3.63) is 51.3 Å². The van der Waals surface area contributed by atoms with Gasteiger partial charge in [0, 0.05) is 13.5 Å². The Morgan fingerprint density at radius 1 is 1.28 bits per heavy atom. The molecule has 0 saturated heterocycles. The van der Waals surface area contributed by atoms with Gasteiger partial charge in [-0.25, -0.2) is 0 Å². The van der Waals surface area contributed by atoms with Gasteiger partial charge in [0.2, 0.25) is 0 Å². The van der Waals surface area contributed by atoms with Crippen molar-refractivity contribution in [1.29, 1.82) is 0 Å². The number of aromatic nitrogens is 2. The predicted molar refractivity (Wildman–Crippen MR) is 72.4 cm³/mol. The van der Waals surface area contributed by atoms with Gasteiger partial charge in [0.05, 0.1) is 15.7 Å². The summed E-state index contributed by atoms with van der Waals surface area (Å²) in [7, 11) is 1.76. The third kappa shape index (κ3) is 2.74. The van der Waals surface area contributed by atoms with Gasteiger partial charge in [-0.2, -0.15) is 5.10 Å². The topological polar surface area (TPSA) is 34.9 Å². The van der Waals surface area contributed by atoms with Crippen LogP contribution in [0, 0.1) is 6.92 Å². The fourth-order valence-electron chi connectivity index (χ4n) is 1.80. The Kier molecular flexibility index (Phi) is 3.73. The van der Waals surface area contributed by atoms with Crippen LogP contribution in [-0.4, -0.2) is 15.6 Å². The van der Waals surface area contributed by atoms with E-state index in [1.54, 1.807) is 36.0 Å². The van der Waals surface area contributed by atoms with E-state index in [9.17, 15) is 4.79 Å². The molecule has 0 aliphatic rings. The summed E-state index contributed by atoms with van der Waals surface area (Å²) in [6.45, 7) is 1.86. The van der Waals surface area contributed by atoms with Crippen molar-refractivity contribution in [2.45, 2.75) is 13.3 Å². The molecule has 5 heteroatoms. The summed E-state index contributed by atoms with van der Waals surface area (Å²) in [6, 6.07) is 6.99. The first-order chi connectivity index (χ1) is 8.47. The first-order valence-electron chi connectivity index (χ1n) is 5.45. The number of ketones is 1. The predicted octanol–water partition coefficient (Wildman–Crippen LogP) is 3.46. The molecule has 1 aromatic carbocycles. The number of benzene rings is 1. The molecule has 2 rings (SSSR count). The van der Waals surface area contributed by atoms with E-state index in [1.165, 1.54) is 0 Å². The van der Waals surface area contributed by atoms with E-state index < -0.39 is 0 Å². The monoisotopic (exact) mass is 282 g/mol. The normalized spacial score (nSPS) is 10.7. The summed E-state index contributed by atoms with van der Waals surface area (Å²) in [6.07, 6.45) is 0.288. The number of nitrogens with zero attached hydrogens (tertiary/aromatic N) is 2. The second kappa shape index (κ2) is 5.12. The smallest absolute Gasteiger partial charge is 0.185 e. The Labute approximate surface area is 115 Å². The summed E-state index contributed by atoms with van der Waals surface area (Å²) in [5.74, 6) is 0.0106. The van der Waals surface area contributed by atoms with Crippen LogP contribution in [0.5, 0.6) is 0 Å². The maximum atomic E-state index is 12.1. The van der Waals surface area contributed by atoms with Crippen molar-refractivity contribution in [3.8, 4) is 0 Å². The molecule has 3 nitrogen and oxygen atoms in total. The van der Waals surface area contributed by atoms with Crippen LogP contribution in [0.1, 0.15) is 21.7 Å². The van der Waals surface area contributed by atoms with E-state index in [4.69, 9.17) is 23.2 Å². The summed E-state index contributed by atoms with van der Waals surface area (Å²) in [5.41, 5.74) is 2.27.